The van der Waals surface area contributed by atoms with Crippen molar-refractivity contribution in [1.82, 2.24) is 9.88 Å². The Morgan fingerprint density at radius 1 is 1.50 bits per heavy atom. The molecule has 1 aliphatic rings. The lowest BCUT2D eigenvalue weighted by Gasteiger charge is -2.30. The number of thiazole rings is 1. The van der Waals surface area contributed by atoms with Crippen molar-refractivity contribution in [3.05, 3.63) is 15.6 Å². The maximum atomic E-state index is 12.8. The molecule has 0 saturated carbocycles. The summed E-state index contributed by atoms with van der Waals surface area (Å²) in [4.78, 5) is 5.96. The summed E-state index contributed by atoms with van der Waals surface area (Å²) in [7, 11) is 1.92. The molecule has 8 heteroatoms. The van der Waals surface area contributed by atoms with Crippen molar-refractivity contribution < 1.29 is 13.2 Å². The second kappa shape index (κ2) is 5.36. The minimum Gasteiger partial charge on any atom is -0.326 e. The van der Waals surface area contributed by atoms with Crippen LogP contribution in [0.4, 0.5) is 13.2 Å². The fraction of sp³-hybridized carbons (Fsp3) is 0.700. The number of nitrogens with zero attached hydrogens (tertiary/aromatic N) is 2. The first-order valence-corrected chi connectivity index (χ1v) is 7.45. The summed E-state index contributed by atoms with van der Waals surface area (Å²) in [6.07, 6.45) is -4.41. The van der Waals surface area contributed by atoms with E-state index in [0.717, 1.165) is 29.4 Å². The molecule has 0 aliphatic carbocycles. The number of alkyl halides is 3. The first kappa shape index (κ1) is 14.1. The zero-order valence-corrected chi connectivity index (χ0v) is 11.5. The molecule has 1 aliphatic heterocycles. The fourth-order valence-electron chi connectivity index (χ4n) is 1.82. The van der Waals surface area contributed by atoms with Gasteiger partial charge in [0.25, 0.3) is 0 Å². The summed E-state index contributed by atoms with van der Waals surface area (Å²) in [5.74, 6) is 1.79. The molecule has 1 atom stereocenters. The maximum absolute atomic E-state index is 12.8. The highest BCUT2D eigenvalue weighted by Gasteiger charge is 2.38. The third-order valence-corrected chi connectivity index (χ3v) is 5.05. The summed E-state index contributed by atoms with van der Waals surface area (Å²) in [5, 5.41) is 0.525. The number of nitrogens with two attached hydrogens (primary N) is 1. The van der Waals surface area contributed by atoms with Gasteiger partial charge in [-0.25, -0.2) is 4.98 Å². The molecular formula is C10H14F3N3S2. The van der Waals surface area contributed by atoms with Gasteiger partial charge in [-0.2, -0.15) is 24.9 Å². The molecule has 2 heterocycles. The van der Waals surface area contributed by atoms with Gasteiger partial charge in [0.1, 0.15) is 5.01 Å². The topological polar surface area (TPSA) is 42.2 Å². The van der Waals surface area contributed by atoms with Crippen LogP contribution in [0.3, 0.4) is 0 Å². The number of hydrogen-bond donors (Lipinski definition) is 1. The van der Waals surface area contributed by atoms with Crippen molar-refractivity contribution in [2.75, 3.05) is 25.1 Å². The van der Waals surface area contributed by atoms with E-state index in [2.05, 4.69) is 9.88 Å². The third kappa shape index (κ3) is 2.81. The van der Waals surface area contributed by atoms with Crippen LogP contribution < -0.4 is 5.73 Å². The van der Waals surface area contributed by atoms with Crippen LogP contribution in [0, 0.1) is 0 Å². The van der Waals surface area contributed by atoms with Gasteiger partial charge in [0.15, 0.2) is 5.69 Å². The average Bonchev–Trinajstić information content (AvgIpc) is 2.73. The number of rotatable bonds is 2. The molecule has 3 nitrogen and oxygen atoms in total. The Hall–Kier alpha value is -0.310. The quantitative estimate of drug-likeness (QED) is 0.910. The molecule has 0 spiro atoms. The SMILES string of the molecule is CN1CCSCC1c1nc(C(F)(F)F)c(CN)s1. The van der Waals surface area contributed by atoms with E-state index >= 15 is 0 Å². The highest BCUT2D eigenvalue weighted by atomic mass is 32.2. The first-order valence-electron chi connectivity index (χ1n) is 5.48. The summed E-state index contributed by atoms with van der Waals surface area (Å²) in [6.45, 7) is 0.754. The molecule has 0 aromatic carbocycles. The lowest BCUT2D eigenvalue weighted by molar-refractivity contribution is -0.141. The van der Waals surface area contributed by atoms with E-state index in [9.17, 15) is 13.2 Å². The van der Waals surface area contributed by atoms with Gasteiger partial charge in [-0.3, -0.25) is 4.90 Å². The molecular weight excluding hydrogens is 283 g/mol. The van der Waals surface area contributed by atoms with Crippen molar-refractivity contribution in [3.8, 4) is 0 Å². The molecule has 2 N–H and O–H groups in total. The van der Waals surface area contributed by atoms with E-state index in [1.54, 1.807) is 11.8 Å². The number of hydrogen-bond acceptors (Lipinski definition) is 5. The molecule has 18 heavy (non-hydrogen) atoms. The van der Waals surface area contributed by atoms with Gasteiger partial charge in [-0.05, 0) is 7.05 Å². The molecule has 1 aromatic rings. The minimum atomic E-state index is -4.41. The van der Waals surface area contributed by atoms with Crippen LogP contribution in [-0.2, 0) is 12.7 Å². The van der Waals surface area contributed by atoms with Crippen LogP contribution in [0.15, 0.2) is 0 Å². The lowest BCUT2D eigenvalue weighted by atomic mass is 10.3. The zero-order chi connectivity index (χ0) is 13.3. The summed E-state index contributed by atoms with van der Waals surface area (Å²) in [5.41, 5.74) is 4.57. The smallest absolute Gasteiger partial charge is 0.326 e. The predicted octanol–water partition coefficient (Wildman–Crippen LogP) is 2.34. The summed E-state index contributed by atoms with van der Waals surface area (Å²) in [6, 6.07) is -0.0323. The van der Waals surface area contributed by atoms with Gasteiger partial charge in [-0.15, -0.1) is 11.3 Å². The summed E-state index contributed by atoms with van der Waals surface area (Å²) < 4.78 is 38.3. The van der Waals surface area contributed by atoms with E-state index in [0.29, 0.717) is 5.01 Å². The highest BCUT2D eigenvalue weighted by molar-refractivity contribution is 7.99. The van der Waals surface area contributed by atoms with E-state index in [4.69, 9.17) is 5.73 Å². The van der Waals surface area contributed by atoms with Gasteiger partial charge < -0.3 is 5.73 Å². The minimum absolute atomic E-state index is 0.0323. The second-order valence-electron chi connectivity index (χ2n) is 4.10. The Bertz CT molecular complexity index is 419. The number of thioether (sulfide) groups is 1. The predicted molar refractivity (Wildman–Crippen MR) is 67.7 cm³/mol. The fourth-order valence-corrected chi connectivity index (χ4v) is 4.27. The molecule has 1 aromatic heterocycles. The number of aromatic nitrogens is 1. The van der Waals surface area contributed by atoms with Crippen molar-refractivity contribution in [2.24, 2.45) is 5.73 Å². The van der Waals surface area contributed by atoms with Crippen LogP contribution in [-0.4, -0.2) is 35.0 Å². The van der Waals surface area contributed by atoms with Gasteiger partial charge in [-0.1, -0.05) is 0 Å². The monoisotopic (exact) mass is 297 g/mol. The highest BCUT2D eigenvalue weighted by Crippen LogP contribution is 2.38. The molecule has 0 amide bonds. The van der Waals surface area contributed by atoms with Crippen LogP contribution in [0.5, 0.6) is 0 Å². The van der Waals surface area contributed by atoms with E-state index in [1.165, 1.54) is 0 Å². The standard InChI is InChI=1S/C10H14F3N3S2/c1-16-2-3-17-5-6(16)9-15-8(10(11,12)13)7(4-14)18-9/h6H,2-5,14H2,1H3. The van der Waals surface area contributed by atoms with Crippen molar-refractivity contribution in [3.63, 3.8) is 0 Å². The number of halogens is 3. The van der Waals surface area contributed by atoms with Crippen LogP contribution in [0.2, 0.25) is 0 Å². The van der Waals surface area contributed by atoms with Crippen LogP contribution >= 0.6 is 23.1 Å². The van der Waals surface area contributed by atoms with Gasteiger partial charge in [0, 0.05) is 24.6 Å². The van der Waals surface area contributed by atoms with Crippen molar-refractivity contribution >= 4 is 23.1 Å². The molecule has 2 rings (SSSR count). The van der Waals surface area contributed by atoms with E-state index < -0.39 is 11.9 Å². The third-order valence-electron chi connectivity index (χ3n) is 2.85. The average molecular weight is 297 g/mol. The Kier molecular flexibility index (Phi) is 4.20. The van der Waals surface area contributed by atoms with Gasteiger partial charge in [0.05, 0.1) is 10.9 Å². The molecule has 1 saturated heterocycles. The molecule has 0 bridgehead atoms. The largest absolute Gasteiger partial charge is 0.434 e. The Morgan fingerprint density at radius 3 is 2.72 bits per heavy atom. The summed E-state index contributed by atoms with van der Waals surface area (Å²) >= 11 is 2.83. The van der Waals surface area contributed by atoms with Gasteiger partial charge >= 0.3 is 6.18 Å². The van der Waals surface area contributed by atoms with Crippen molar-refractivity contribution in [1.29, 1.82) is 0 Å². The lowest BCUT2D eigenvalue weighted by Crippen LogP contribution is -2.32. The normalized spacial score (nSPS) is 22.4. The molecule has 1 unspecified atom stereocenters. The molecule has 1 fully saturated rings. The Balaban J connectivity index is 2.31. The van der Waals surface area contributed by atoms with E-state index in [1.807, 2.05) is 7.05 Å². The van der Waals surface area contributed by atoms with E-state index in [-0.39, 0.29) is 17.5 Å². The first-order chi connectivity index (χ1) is 8.43. The zero-order valence-electron chi connectivity index (χ0n) is 9.83. The molecule has 0 radical (unpaired) electrons. The van der Waals surface area contributed by atoms with Crippen LogP contribution in [0.25, 0.3) is 0 Å². The van der Waals surface area contributed by atoms with Crippen LogP contribution in [0.1, 0.15) is 21.6 Å². The Labute approximate surface area is 112 Å². The Morgan fingerprint density at radius 2 is 2.22 bits per heavy atom. The molecule has 102 valence electrons. The van der Waals surface area contributed by atoms with Gasteiger partial charge in [0.2, 0.25) is 0 Å². The van der Waals surface area contributed by atoms with Crippen molar-refractivity contribution in [2.45, 2.75) is 18.8 Å². The second-order valence-corrected chi connectivity index (χ2v) is 6.36. The maximum Gasteiger partial charge on any atom is 0.434 e.